The van der Waals surface area contributed by atoms with Crippen molar-refractivity contribution in [3.05, 3.63) is 23.8 Å². The third-order valence-corrected chi connectivity index (χ3v) is 2.30. The van der Waals surface area contributed by atoms with E-state index in [-0.39, 0.29) is 17.2 Å². The molecule has 15 heavy (non-hydrogen) atoms. The van der Waals surface area contributed by atoms with Crippen molar-refractivity contribution in [3.63, 3.8) is 0 Å². The molecule has 0 aliphatic carbocycles. The van der Waals surface area contributed by atoms with Crippen molar-refractivity contribution in [3.8, 4) is 0 Å². The zero-order chi connectivity index (χ0) is 12.1. The molecule has 1 amide bonds. The monoisotopic (exact) mass is 210 g/mol. The number of nitrogens with two attached hydrogens (primary N) is 1. The fraction of sp³-hybridized carbons (Fsp3) is 0.583. The van der Waals surface area contributed by atoms with E-state index in [9.17, 15) is 4.79 Å². The highest BCUT2D eigenvalue weighted by molar-refractivity contribution is 5.79. The second-order valence-corrected chi connectivity index (χ2v) is 4.65. The molecule has 0 aromatic heterocycles. The van der Waals surface area contributed by atoms with Crippen LogP contribution in [0, 0.1) is 11.3 Å². The molecule has 0 fully saturated rings. The van der Waals surface area contributed by atoms with E-state index in [0.717, 1.165) is 0 Å². The maximum Gasteiger partial charge on any atom is 0.240 e. The summed E-state index contributed by atoms with van der Waals surface area (Å²) in [7, 11) is 0. The lowest BCUT2D eigenvalue weighted by Gasteiger charge is -2.20. The molecular weight excluding hydrogens is 188 g/mol. The number of hydrogen-bond donors (Lipinski definition) is 2. The first kappa shape index (κ1) is 13.9. The van der Waals surface area contributed by atoms with Crippen LogP contribution in [0.3, 0.4) is 0 Å². The molecule has 0 rings (SSSR count). The molecule has 0 aromatic carbocycles. The first-order valence-corrected chi connectivity index (χ1v) is 5.18. The summed E-state index contributed by atoms with van der Waals surface area (Å²) in [6.45, 7) is 10.2. The average molecular weight is 210 g/mol. The Labute approximate surface area is 92.4 Å². The number of amides is 1. The minimum Gasteiger partial charge on any atom is -0.294 e. The van der Waals surface area contributed by atoms with E-state index in [4.69, 9.17) is 5.84 Å². The van der Waals surface area contributed by atoms with Gasteiger partial charge in [0, 0.05) is 0 Å². The molecule has 3 nitrogen and oxygen atoms in total. The van der Waals surface area contributed by atoms with E-state index >= 15 is 0 Å². The summed E-state index contributed by atoms with van der Waals surface area (Å²) >= 11 is 0. The van der Waals surface area contributed by atoms with Crippen LogP contribution >= 0.6 is 0 Å². The standard InChI is InChI=1S/C12H22N2O/c1-6-10(12(3,4)5)8-7-9(2)11(15)14-13/h6-9H,13H2,1-5H3,(H,14,15)/b8-7-,10-6+. The Kier molecular flexibility index (Phi) is 5.29. The first-order valence-electron chi connectivity index (χ1n) is 5.18. The Morgan fingerprint density at radius 3 is 2.27 bits per heavy atom. The Morgan fingerprint density at radius 1 is 1.40 bits per heavy atom. The summed E-state index contributed by atoms with van der Waals surface area (Å²) in [6.07, 6.45) is 5.91. The van der Waals surface area contributed by atoms with Crippen LogP contribution in [0.2, 0.25) is 0 Å². The van der Waals surface area contributed by atoms with E-state index in [1.807, 2.05) is 26.0 Å². The number of nitrogens with one attached hydrogen (secondary N) is 1. The van der Waals surface area contributed by atoms with E-state index in [1.54, 1.807) is 0 Å². The van der Waals surface area contributed by atoms with Gasteiger partial charge in [-0.25, -0.2) is 5.84 Å². The van der Waals surface area contributed by atoms with Gasteiger partial charge in [0.1, 0.15) is 0 Å². The molecular formula is C12H22N2O. The van der Waals surface area contributed by atoms with Crippen LogP contribution in [0.15, 0.2) is 23.8 Å². The van der Waals surface area contributed by atoms with Gasteiger partial charge in [0.25, 0.3) is 0 Å². The van der Waals surface area contributed by atoms with Gasteiger partial charge in [0.15, 0.2) is 0 Å². The summed E-state index contributed by atoms with van der Waals surface area (Å²) in [5.41, 5.74) is 3.44. The zero-order valence-corrected chi connectivity index (χ0v) is 10.3. The van der Waals surface area contributed by atoms with Gasteiger partial charge in [0.2, 0.25) is 5.91 Å². The fourth-order valence-corrected chi connectivity index (χ4v) is 1.25. The predicted molar refractivity (Wildman–Crippen MR) is 63.8 cm³/mol. The molecule has 0 saturated carbocycles. The molecule has 3 N–H and O–H groups in total. The van der Waals surface area contributed by atoms with Crippen molar-refractivity contribution in [1.82, 2.24) is 5.43 Å². The van der Waals surface area contributed by atoms with Crippen molar-refractivity contribution in [1.29, 1.82) is 0 Å². The van der Waals surface area contributed by atoms with Gasteiger partial charge in [-0.2, -0.15) is 0 Å². The van der Waals surface area contributed by atoms with Crippen LogP contribution in [0.25, 0.3) is 0 Å². The zero-order valence-electron chi connectivity index (χ0n) is 10.3. The van der Waals surface area contributed by atoms with E-state index < -0.39 is 0 Å². The van der Waals surface area contributed by atoms with E-state index in [0.29, 0.717) is 0 Å². The lowest BCUT2D eigenvalue weighted by Crippen LogP contribution is -2.34. The third-order valence-electron chi connectivity index (χ3n) is 2.30. The Bertz CT molecular complexity index is 272. The molecule has 0 spiro atoms. The molecule has 0 aliphatic rings. The summed E-state index contributed by atoms with van der Waals surface area (Å²) in [5.74, 6) is 4.68. The quantitative estimate of drug-likeness (QED) is 0.324. The Morgan fingerprint density at radius 2 is 1.93 bits per heavy atom. The van der Waals surface area contributed by atoms with Crippen molar-refractivity contribution >= 4 is 5.91 Å². The second kappa shape index (κ2) is 5.71. The largest absolute Gasteiger partial charge is 0.294 e. The normalized spacial score (nSPS) is 15.5. The number of hydrogen-bond acceptors (Lipinski definition) is 2. The minimum atomic E-state index is -0.202. The van der Waals surface area contributed by atoms with Gasteiger partial charge in [-0.15, -0.1) is 0 Å². The number of rotatable bonds is 3. The summed E-state index contributed by atoms with van der Waals surface area (Å²) < 4.78 is 0. The maximum atomic E-state index is 11.2. The Hall–Kier alpha value is -1.09. The number of hydrazine groups is 1. The summed E-state index contributed by atoms with van der Waals surface area (Å²) in [4.78, 5) is 11.2. The van der Waals surface area contributed by atoms with Crippen LogP contribution in [-0.2, 0) is 4.79 Å². The van der Waals surface area contributed by atoms with Crippen molar-refractivity contribution in [2.45, 2.75) is 34.6 Å². The molecule has 0 bridgehead atoms. The SMILES string of the molecule is C/C=C(\C=C/C(C)C(=O)NN)C(C)(C)C. The van der Waals surface area contributed by atoms with Crippen LogP contribution in [0.5, 0.6) is 0 Å². The molecule has 0 radical (unpaired) electrons. The van der Waals surface area contributed by atoms with Gasteiger partial charge in [0.05, 0.1) is 5.92 Å². The van der Waals surface area contributed by atoms with E-state index in [2.05, 4.69) is 32.3 Å². The molecule has 0 aromatic rings. The summed E-state index contributed by atoms with van der Waals surface area (Å²) in [5, 5.41) is 0. The fourth-order valence-electron chi connectivity index (χ4n) is 1.25. The molecule has 0 heterocycles. The van der Waals surface area contributed by atoms with Crippen LogP contribution < -0.4 is 11.3 Å². The molecule has 86 valence electrons. The molecule has 0 saturated heterocycles. The van der Waals surface area contributed by atoms with E-state index in [1.165, 1.54) is 5.57 Å². The Balaban J connectivity index is 4.58. The molecule has 1 atom stereocenters. The van der Waals surface area contributed by atoms with Gasteiger partial charge >= 0.3 is 0 Å². The minimum absolute atomic E-state index is 0.101. The highest BCUT2D eigenvalue weighted by Gasteiger charge is 2.14. The lowest BCUT2D eigenvalue weighted by atomic mass is 9.85. The smallest absolute Gasteiger partial charge is 0.240 e. The van der Waals surface area contributed by atoms with Crippen LogP contribution in [0.4, 0.5) is 0 Å². The first-order chi connectivity index (χ1) is 6.82. The molecule has 0 aliphatic heterocycles. The second-order valence-electron chi connectivity index (χ2n) is 4.65. The van der Waals surface area contributed by atoms with Gasteiger partial charge in [-0.05, 0) is 17.9 Å². The highest BCUT2D eigenvalue weighted by Crippen LogP contribution is 2.26. The van der Waals surface area contributed by atoms with Crippen molar-refractivity contribution < 1.29 is 4.79 Å². The third kappa shape index (κ3) is 4.79. The van der Waals surface area contributed by atoms with Crippen molar-refractivity contribution in [2.24, 2.45) is 17.2 Å². The van der Waals surface area contributed by atoms with Gasteiger partial charge in [-0.1, -0.05) is 45.9 Å². The molecule has 1 unspecified atom stereocenters. The van der Waals surface area contributed by atoms with Crippen molar-refractivity contribution in [2.75, 3.05) is 0 Å². The van der Waals surface area contributed by atoms with Crippen LogP contribution in [-0.4, -0.2) is 5.91 Å². The average Bonchev–Trinajstić information content (AvgIpc) is 2.15. The number of carbonyl (C=O) groups excluding carboxylic acids is 1. The lowest BCUT2D eigenvalue weighted by molar-refractivity contribution is -0.123. The maximum absolute atomic E-state index is 11.2. The summed E-state index contributed by atoms with van der Waals surface area (Å²) in [6, 6.07) is 0. The number of carbonyl (C=O) groups is 1. The van der Waals surface area contributed by atoms with Gasteiger partial charge in [-0.3, -0.25) is 10.2 Å². The topological polar surface area (TPSA) is 55.1 Å². The predicted octanol–water partition coefficient (Wildman–Crippen LogP) is 2.16. The van der Waals surface area contributed by atoms with Gasteiger partial charge < -0.3 is 0 Å². The molecule has 3 heteroatoms. The van der Waals surface area contributed by atoms with Crippen LogP contribution in [0.1, 0.15) is 34.6 Å². The highest BCUT2D eigenvalue weighted by atomic mass is 16.2. The number of allylic oxidation sites excluding steroid dienone is 3.